The predicted octanol–water partition coefficient (Wildman–Crippen LogP) is 2.05. The van der Waals surface area contributed by atoms with Gasteiger partial charge in [-0.1, -0.05) is 0 Å². The molecular formula is C11H13BrFNO3S. The lowest BCUT2D eigenvalue weighted by atomic mass is 10.1. The summed E-state index contributed by atoms with van der Waals surface area (Å²) in [6.45, 7) is 1.02. The van der Waals surface area contributed by atoms with Gasteiger partial charge in [-0.05, 0) is 47.0 Å². The highest BCUT2D eigenvalue weighted by molar-refractivity contribution is 9.10. The second kappa shape index (κ2) is 5.64. The molecule has 1 aromatic carbocycles. The summed E-state index contributed by atoms with van der Waals surface area (Å²) in [4.78, 5) is -0.0752. The van der Waals surface area contributed by atoms with Crippen molar-refractivity contribution in [1.29, 1.82) is 0 Å². The fourth-order valence-electron chi connectivity index (χ4n) is 1.77. The van der Waals surface area contributed by atoms with Crippen LogP contribution in [0.15, 0.2) is 27.6 Å². The molecule has 1 atom stereocenters. The third-order valence-electron chi connectivity index (χ3n) is 2.68. The predicted molar refractivity (Wildman–Crippen MR) is 68.3 cm³/mol. The van der Waals surface area contributed by atoms with Crippen molar-refractivity contribution < 1.29 is 17.5 Å². The Balaban J connectivity index is 2.16. The van der Waals surface area contributed by atoms with Gasteiger partial charge in [0, 0.05) is 12.6 Å². The number of nitrogens with one attached hydrogen (secondary N) is 1. The average Bonchev–Trinajstić information content (AvgIpc) is 2.33. The summed E-state index contributed by atoms with van der Waals surface area (Å²) >= 11 is 2.98. The molecule has 1 aromatic rings. The summed E-state index contributed by atoms with van der Waals surface area (Å²) in [7, 11) is -3.69. The van der Waals surface area contributed by atoms with Gasteiger partial charge < -0.3 is 4.74 Å². The Labute approximate surface area is 114 Å². The van der Waals surface area contributed by atoms with E-state index in [2.05, 4.69) is 20.7 Å². The summed E-state index contributed by atoms with van der Waals surface area (Å²) in [6, 6.07) is 3.49. The van der Waals surface area contributed by atoms with Gasteiger partial charge in [-0.2, -0.15) is 0 Å². The molecular weight excluding hydrogens is 325 g/mol. The maximum Gasteiger partial charge on any atom is 0.241 e. The van der Waals surface area contributed by atoms with Crippen LogP contribution in [0.3, 0.4) is 0 Å². The van der Waals surface area contributed by atoms with Crippen molar-refractivity contribution in [1.82, 2.24) is 4.72 Å². The Morgan fingerprint density at radius 2 is 2.22 bits per heavy atom. The summed E-state index contributed by atoms with van der Waals surface area (Å²) in [5.74, 6) is -0.599. The molecule has 0 spiro atoms. The maximum absolute atomic E-state index is 13.3. The molecule has 1 fully saturated rings. The molecule has 0 aromatic heterocycles. The van der Waals surface area contributed by atoms with Gasteiger partial charge in [0.05, 0.1) is 16.0 Å². The van der Waals surface area contributed by atoms with Crippen LogP contribution in [0.4, 0.5) is 4.39 Å². The number of benzene rings is 1. The lowest BCUT2D eigenvalue weighted by Crippen LogP contribution is -2.40. The first-order chi connectivity index (χ1) is 8.49. The largest absolute Gasteiger partial charge is 0.380 e. The smallest absolute Gasteiger partial charge is 0.241 e. The first-order valence-electron chi connectivity index (χ1n) is 5.54. The van der Waals surface area contributed by atoms with Crippen LogP contribution in [0.2, 0.25) is 0 Å². The topological polar surface area (TPSA) is 55.4 Å². The zero-order chi connectivity index (χ0) is 13.2. The van der Waals surface area contributed by atoms with Crippen molar-refractivity contribution in [2.24, 2.45) is 0 Å². The standard InChI is InChI=1S/C11H13BrFNO3S/c12-10-4-3-9(6-11(10)13)18(15,16)14-8-2-1-5-17-7-8/h3-4,6,8,14H,1-2,5,7H2. The minimum absolute atomic E-state index is 0.0752. The van der Waals surface area contributed by atoms with Crippen LogP contribution in [-0.2, 0) is 14.8 Å². The van der Waals surface area contributed by atoms with E-state index in [1.54, 1.807) is 0 Å². The van der Waals surface area contributed by atoms with Gasteiger partial charge in [-0.15, -0.1) is 0 Å². The second-order valence-electron chi connectivity index (χ2n) is 4.11. The number of hydrogen-bond donors (Lipinski definition) is 1. The highest BCUT2D eigenvalue weighted by atomic mass is 79.9. The normalized spacial score (nSPS) is 20.9. The molecule has 1 unspecified atom stereocenters. The Kier molecular flexibility index (Phi) is 4.37. The van der Waals surface area contributed by atoms with Crippen molar-refractivity contribution in [3.63, 3.8) is 0 Å². The first-order valence-corrected chi connectivity index (χ1v) is 7.82. The zero-order valence-electron chi connectivity index (χ0n) is 9.53. The van der Waals surface area contributed by atoms with Crippen LogP contribution in [0.25, 0.3) is 0 Å². The molecule has 0 radical (unpaired) electrons. The molecule has 1 aliphatic rings. The number of sulfonamides is 1. The maximum atomic E-state index is 13.3. The van der Waals surface area contributed by atoms with E-state index in [0.29, 0.717) is 13.2 Å². The lowest BCUT2D eigenvalue weighted by molar-refractivity contribution is 0.0774. The van der Waals surface area contributed by atoms with Crippen LogP contribution in [0, 0.1) is 5.82 Å². The molecule has 18 heavy (non-hydrogen) atoms. The number of hydrogen-bond acceptors (Lipinski definition) is 3. The summed E-state index contributed by atoms with van der Waals surface area (Å²) in [6.07, 6.45) is 1.56. The van der Waals surface area contributed by atoms with Gasteiger partial charge in [0.2, 0.25) is 10.0 Å². The molecule has 1 N–H and O–H groups in total. The van der Waals surface area contributed by atoms with E-state index in [4.69, 9.17) is 4.74 Å². The fourth-order valence-corrected chi connectivity index (χ4v) is 3.28. The Hall–Kier alpha value is -0.500. The highest BCUT2D eigenvalue weighted by Gasteiger charge is 2.22. The van der Waals surface area contributed by atoms with Gasteiger partial charge in [0.25, 0.3) is 0 Å². The van der Waals surface area contributed by atoms with Gasteiger partial charge in [0.1, 0.15) is 5.82 Å². The third-order valence-corrected chi connectivity index (χ3v) is 4.84. The molecule has 4 nitrogen and oxygen atoms in total. The molecule has 2 rings (SSSR count). The van der Waals surface area contributed by atoms with Crippen LogP contribution in [-0.4, -0.2) is 27.7 Å². The average molecular weight is 338 g/mol. The van der Waals surface area contributed by atoms with Crippen LogP contribution >= 0.6 is 15.9 Å². The molecule has 1 heterocycles. The third kappa shape index (κ3) is 3.28. The first kappa shape index (κ1) is 13.9. The Bertz CT molecular complexity index is 529. The van der Waals surface area contributed by atoms with Crippen LogP contribution < -0.4 is 4.72 Å². The van der Waals surface area contributed by atoms with E-state index in [0.717, 1.165) is 18.9 Å². The van der Waals surface area contributed by atoms with Crippen molar-refractivity contribution in [2.75, 3.05) is 13.2 Å². The zero-order valence-corrected chi connectivity index (χ0v) is 11.9. The summed E-state index contributed by atoms with van der Waals surface area (Å²) < 4.78 is 45.3. The molecule has 0 saturated carbocycles. The Morgan fingerprint density at radius 3 is 2.83 bits per heavy atom. The summed E-state index contributed by atoms with van der Waals surface area (Å²) in [5.41, 5.74) is 0. The Morgan fingerprint density at radius 1 is 1.44 bits per heavy atom. The van der Waals surface area contributed by atoms with Crippen molar-refractivity contribution in [2.45, 2.75) is 23.8 Å². The molecule has 100 valence electrons. The number of ether oxygens (including phenoxy) is 1. The van der Waals surface area contributed by atoms with Crippen LogP contribution in [0.5, 0.6) is 0 Å². The minimum atomic E-state index is -3.69. The number of rotatable bonds is 3. The molecule has 1 saturated heterocycles. The minimum Gasteiger partial charge on any atom is -0.380 e. The lowest BCUT2D eigenvalue weighted by Gasteiger charge is -2.22. The van der Waals surface area contributed by atoms with E-state index in [1.165, 1.54) is 12.1 Å². The van der Waals surface area contributed by atoms with Crippen molar-refractivity contribution >= 4 is 26.0 Å². The molecule has 7 heteroatoms. The second-order valence-corrected chi connectivity index (χ2v) is 6.68. The highest BCUT2D eigenvalue weighted by Crippen LogP contribution is 2.20. The fraction of sp³-hybridized carbons (Fsp3) is 0.455. The monoisotopic (exact) mass is 337 g/mol. The summed E-state index contributed by atoms with van der Waals surface area (Å²) in [5, 5.41) is 0. The molecule has 0 aliphatic carbocycles. The van der Waals surface area contributed by atoms with E-state index >= 15 is 0 Å². The SMILES string of the molecule is O=S(=O)(NC1CCCOC1)c1ccc(Br)c(F)c1. The van der Waals surface area contributed by atoms with Gasteiger partial charge >= 0.3 is 0 Å². The van der Waals surface area contributed by atoms with E-state index < -0.39 is 15.8 Å². The van der Waals surface area contributed by atoms with Gasteiger partial charge in [-0.25, -0.2) is 17.5 Å². The quantitative estimate of drug-likeness (QED) is 0.918. The molecule has 0 amide bonds. The van der Waals surface area contributed by atoms with E-state index in [1.807, 2.05) is 0 Å². The molecule has 1 aliphatic heterocycles. The van der Waals surface area contributed by atoms with Crippen molar-refractivity contribution in [3.8, 4) is 0 Å². The van der Waals surface area contributed by atoms with Gasteiger partial charge in [0.15, 0.2) is 0 Å². The van der Waals surface area contributed by atoms with E-state index in [9.17, 15) is 12.8 Å². The molecule has 0 bridgehead atoms. The number of halogens is 2. The van der Waals surface area contributed by atoms with E-state index in [-0.39, 0.29) is 15.4 Å². The van der Waals surface area contributed by atoms with Crippen LogP contribution in [0.1, 0.15) is 12.8 Å². The van der Waals surface area contributed by atoms with Crippen molar-refractivity contribution in [3.05, 3.63) is 28.5 Å². The van der Waals surface area contributed by atoms with Gasteiger partial charge in [-0.3, -0.25) is 0 Å².